The van der Waals surface area contributed by atoms with Gasteiger partial charge in [0.15, 0.2) is 0 Å². The van der Waals surface area contributed by atoms with E-state index in [0.29, 0.717) is 12.1 Å². The van der Waals surface area contributed by atoms with Gasteiger partial charge in [0.05, 0.1) is 6.20 Å². The van der Waals surface area contributed by atoms with Crippen molar-refractivity contribution < 1.29 is 0 Å². The van der Waals surface area contributed by atoms with E-state index in [0.717, 1.165) is 62.8 Å². The lowest BCUT2D eigenvalue weighted by Crippen LogP contribution is -2.34. The summed E-state index contributed by atoms with van der Waals surface area (Å²) in [6.45, 7) is 6.19. The van der Waals surface area contributed by atoms with Crippen molar-refractivity contribution in [1.82, 2.24) is 19.7 Å². The molecule has 2 aliphatic rings. The number of aromatic nitrogens is 3. The monoisotopic (exact) mass is 342 g/mol. The molecule has 1 fully saturated rings. The highest BCUT2D eigenvalue weighted by molar-refractivity contribution is 5.81. The van der Waals surface area contributed by atoms with Gasteiger partial charge in [-0.25, -0.2) is 4.68 Å². The molecule has 5 heteroatoms. The van der Waals surface area contributed by atoms with Crippen molar-refractivity contribution in [3.05, 3.63) is 27.7 Å². The highest BCUT2D eigenvalue weighted by Gasteiger charge is 2.28. The Morgan fingerprint density at radius 3 is 2.64 bits per heavy atom. The zero-order valence-electron chi connectivity index (χ0n) is 15.6. The molecule has 0 bridgehead atoms. The van der Waals surface area contributed by atoms with E-state index in [4.69, 9.17) is 5.10 Å². The minimum Gasteiger partial charge on any atom is -0.314 e. The van der Waals surface area contributed by atoms with Gasteiger partial charge in [-0.1, -0.05) is 13.8 Å². The third-order valence-electron chi connectivity index (χ3n) is 5.85. The number of hydrogen-bond acceptors (Lipinski definition) is 3. The van der Waals surface area contributed by atoms with E-state index in [2.05, 4.69) is 28.4 Å². The quantitative estimate of drug-likeness (QED) is 0.820. The number of aryl methyl sites for hydroxylation is 2. The van der Waals surface area contributed by atoms with Gasteiger partial charge in [-0.15, -0.1) is 0 Å². The second-order valence-corrected chi connectivity index (χ2v) is 7.99. The molecule has 136 valence electrons. The minimum atomic E-state index is 0.272. The third kappa shape index (κ3) is 3.03. The van der Waals surface area contributed by atoms with E-state index in [1.807, 2.05) is 6.20 Å². The first-order valence-corrected chi connectivity index (χ1v) is 10.0. The van der Waals surface area contributed by atoms with E-state index in [-0.39, 0.29) is 5.56 Å². The van der Waals surface area contributed by atoms with Crippen LogP contribution in [-0.4, -0.2) is 26.9 Å². The SMILES string of the molecule is CC(C)NCCCn1ncc2c3c(c(=O)n(C4CCC4)c21)CCCC3. The minimum absolute atomic E-state index is 0.272. The van der Waals surface area contributed by atoms with E-state index in [1.165, 1.54) is 23.8 Å². The Morgan fingerprint density at radius 1 is 1.20 bits per heavy atom. The third-order valence-corrected chi connectivity index (χ3v) is 5.85. The van der Waals surface area contributed by atoms with Gasteiger partial charge < -0.3 is 5.32 Å². The molecule has 5 nitrogen and oxygen atoms in total. The predicted octanol–water partition coefficient (Wildman–Crippen LogP) is 3.19. The number of nitrogens with zero attached hydrogens (tertiary/aromatic N) is 3. The Kier molecular flexibility index (Phi) is 4.67. The van der Waals surface area contributed by atoms with Crippen LogP contribution in [0.1, 0.15) is 69.5 Å². The molecule has 0 aliphatic heterocycles. The molecule has 0 radical (unpaired) electrons. The highest BCUT2D eigenvalue weighted by atomic mass is 16.1. The fourth-order valence-electron chi connectivity index (χ4n) is 4.29. The number of nitrogens with one attached hydrogen (secondary N) is 1. The van der Waals surface area contributed by atoms with Crippen molar-refractivity contribution in [1.29, 1.82) is 0 Å². The Bertz CT molecular complexity index is 813. The summed E-state index contributed by atoms with van der Waals surface area (Å²) in [6.07, 6.45) is 10.9. The van der Waals surface area contributed by atoms with Crippen molar-refractivity contribution in [2.75, 3.05) is 6.54 Å². The zero-order valence-corrected chi connectivity index (χ0v) is 15.6. The van der Waals surface area contributed by atoms with E-state index in [9.17, 15) is 4.79 Å². The number of rotatable bonds is 6. The van der Waals surface area contributed by atoms with E-state index >= 15 is 0 Å². The van der Waals surface area contributed by atoms with Crippen LogP contribution in [0.15, 0.2) is 11.0 Å². The smallest absolute Gasteiger partial charge is 0.255 e. The second kappa shape index (κ2) is 6.94. The Hall–Kier alpha value is -1.62. The standard InChI is InChI=1S/C20H30N4O/c1-14(2)21-11-6-12-23-19-18(13-22-23)16-9-3-4-10-17(16)20(25)24(19)15-7-5-8-15/h13-15,21H,3-12H2,1-2H3. The van der Waals surface area contributed by atoms with Crippen LogP contribution in [0.5, 0.6) is 0 Å². The molecule has 25 heavy (non-hydrogen) atoms. The summed E-state index contributed by atoms with van der Waals surface area (Å²) in [4.78, 5) is 13.2. The number of fused-ring (bicyclic) bond motifs is 3. The molecule has 4 rings (SSSR count). The first-order valence-electron chi connectivity index (χ1n) is 10.0. The molecule has 1 N–H and O–H groups in total. The highest BCUT2D eigenvalue weighted by Crippen LogP contribution is 2.35. The lowest BCUT2D eigenvalue weighted by atomic mass is 9.88. The summed E-state index contributed by atoms with van der Waals surface area (Å²) >= 11 is 0. The molecule has 0 spiro atoms. The van der Waals surface area contributed by atoms with Crippen LogP contribution in [0.2, 0.25) is 0 Å². The molecular weight excluding hydrogens is 312 g/mol. The van der Waals surface area contributed by atoms with Gasteiger partial charge in [-0.2, -0.15) is 5.10 Å². The van der Waals surface area contributed by atoms with Crippen LogP contribution in [-0.2, 0) is 19.4 Å². The molecule has 2 aliphatic carbocycles. The summed E-state index contributed by atoms with van der Waals surface area (Å²) in [5.41, 5.74) is 3.72. The molecule has 0 saturated heterocycles. The maximum absolute atomic E-state index is 13.2. The molecular formula is C20H30N4O. The molecule has 0 aromatic carbocycles. The van der Waals surface area contributed by atoms with Crippen molar-refractivity contribution in [3.63, 3.8) is 0 Å². The largest absolute Gasteiger partial charge is 0.314 e. The summed E-state index contributed by atoms with van der Waals surface area (Å²) in [5, 5.41) is 9.39. The average molecular weight is 342 g/mol. The van der Waals surface area contributed by atoms with Crippen LogP contribution in [0, 0.1) is 0 Å². The van der Waals surface area contributed by atoms with Crippen molar-refractivity contribution in [2.24, 2.45) is 0 Å². The first-order chi connectivity index (χ1) is 12.2. The van der Waals surface area contributed by atoms with Crippen molar-refractivity contribution >= 4 is 11.0 Å². The summed E-state index contributed by atoms with van der Waals surface area (Å²) in [5.74, 6) is 0. The lowest BCUT2D eigenvalue weighted by molar-refractivity contribution is 0.309. The fraction of sp³-hybridized carbons (Fsp3) is 0.700. The summed E-state index contributed by atoms with van der Waals surface area (Å²) in [6, 6.07) is 0.890. The van der Waals surface area contributed by atoms with Crippen molar-refractivity contribution in [2.45, 2.75) is 83.8 Å². The number of pyridine rings is 1. The summed E-state index contributed by atoms with van der Waals surface area (Å²) < 4.78 is 4.19. The predicted molar refractivity (Wildman–Crippen MR) is 101 cm³/mol. The maximum atomic E-state index is 13.2. The Morgan fingerprint density at radius 2 is 1.96 bits per heavy atom. The normalized spacial score (nSPS) is 17.9. The molecule has 2 aromatic heterocycles. The zero-order chi connectivity index (χ0) is 17.4. The second-order valence-electron chi connectivity index (χ2n) is 7.99. The van der Waals surface area contributed by atoms with Gasteiger partial charge in [0.2, 0.25) is 0 Å². The molecule has 2 heterocycles. The topological polar surface area (TPSA) is 51.9 Å². The average Bonchev–Trinajstić information content (AvgIpc) is 2.97. The number of hydrogen-bond donors (Lipinski definition) is 1. The molecule has 0 atom stereocenters. The van der Waals surface area contributed by atoms with E-state index in [1.54, 1.807) is 0 Å². The van der Waals surface area contributed by atoms with Gasteiger partial charge >= 0.3 is 0 Å². The van der Waals surface area contributed by atoms with Gasteiger partial charge in [0.1, 0.15) is 5.65 Å². The van der Waals surface area contributed by atoms with Crippen LogP contribution in [0.4, 0.5) is 0 Å². The fourth-order valence-corrected chi connectivity index (χ4v) is 4.29. The first kappa shape index (κ1) is 16.8. The van der Waals surface area contributed by atoms with Crippen LogP contribution in [0.25, 0.3) is 11.0 Å². The van der Waals surface area contributed by atoms with Gasteiger partial charge in [0.25, 0.3) is 5.56 Å². The molecule has 1 saturated carbocycles. The van der Waals surface area contributed by atoms with E-state index < -0.39 is 0 Å². The van der Waals surface area contributed by atoms with Crippen molar-refractivity contribution in [3.8, 4) is 0 Å². The summed E-state index contributed by atoms with van der Waals surface area (Å²) in [7, 11) is 0. The Balaban J connectivity index is 1.75. The van der Waals surface area contributed by atoms with Gasteiger partial charge in [-0.05, 0) is 63.5 Å². The molecule has 2 aromatic rings. The van der Waals surface area contributed by atoms with Gasteiger partial charge in [0, 0.05) is 29.6 Å². The molecule has 0 amide bonds. The lowest BCUT2D eigenvalue weighted by Gasteiger charge is -2.30. The van der Waals surface area contributed by atoms with Crippen LogP contribution >= 0.6 is 0 Å². The van der Waals surface area contributed by atoms with Crippen LogP contribution < -0.4 is 10.9 Å². The Labute approximate surface area is 149 Å². The van der Waals surface area contributed by atoms with Gasteiger partial charge in [-0.3, -0.25) is 9.36 Å². The van der Waals surface area contributed by atoms with Crippen LogP contribution in [0.3, 0.4) is 0 Å². The molecule has 0 unspecified atom stereocenters. The maximum Gasteiger partial charge on any atom is 0.255 e.